The van der Waals surface area contributed by atoms with Crippen molar-refractivity contribution in [2.75, 3.05) is 0 Å². The summed E-state index contributed by atoms with van der Waals surface area (Å²) < 4.78 is 0. The second-order valence-corrected chi connectivity index (χ2v) is 13.2. The van der Waals surface area contributed by atoms with Crippen molar-refractivity contribution in [1.82, 2.24) is 0 Å². The molecule has 0 fully saturated rings. The molecule has 0 N–H and O–H groups in total. The fourth-order valence-electron chi connectivity index (χ4n) is 8.47. The molecule has 0 heteroatoms. The number of benzene rings is 8. The lowest BCUT2D eigenvalue weighted by atomic mass is 9.70. The minimum Gasteiger partial charge on any atom is -0.0622 e. The van der Waals surface area contributed by atoms with Crippen molar-refractivity contribution in [3.63, 3.8) is 0 Å². The summed E-state index contributed by atoms with van der Waals surface area (Å²) in [5.74, 6) is 0. The van der Waals surface area contributed by atoms with Gasteiger partial charge in [-0.15, -0.1) is 0 Å². The fraction of sp³-hybridized carbons (Fsp3) is 0.0204. The first-order chi connectivity index (χ1) is 24.3. The van der Waals surface area contributed by atoms with Crippen molar-refractivity contribution in [1.29, 1.82) is 0 Å². The highest BCUT2D eigenvalue weighted by Gasteiger charge is 2.51. The molecule has 228 valence electrons. The molecule has 49 heavy (non-hydrogen) atoms. The molecule has 0 saturated carbocycles. The van der Waals surface area contributed by atoms with Gasteiger partial charge in [-0.1, -0.05) is 182 Å². The van der Waals surface area contributed by atoms with E-state index in [4.69, 9.17) is 0 Å². The molecule has 0 aromatic heterocycles. The van der Waals surface area contributed by atoms with Crippen LogP contribution < -0.4 is 0 Å². The summed E-state index contributed by atoms with van der Waals surface area (Å²) in [6.45, 7) is 0. The van der Waals surface area contributed by atoms with Gasteiger partial charge in [0, 0.05) is 0 Å². The van der Waals surface area contributed by atoms with Gasteiger partial charge in [-0.3, -0.25) is 0 Å². The number of hydrogen-bond donors (Lipinski definition) is 0. The van der Waals surface area contributed by atoms with Crippen LogP contribution in [0.2, 0.25) is 0 Å². The lowest BCUT2D eigenvalue weighted by molar-refractivity contribution is 0.794. The van der Waals surface area contributed by atoms with Crippen LogP contribution in [0.25, 0.3) is 66.8 Å². The van der Waals surface area contributed by atoms with Crippen molar-refractivity contribution >= 4 is 0 Å². The van der Waals surface area contributed by atoms with Gasteiger partial charge in [0.25, 0.3) is 0 Å². The Labute approximate surface area is 287 Å². The summed E-state index contributed by atoms with van der Waals surface area (Å²) in [7, 11) is 0. The standard InChI is InChI=1S/C49H32/c1-3-11-33(12-4-1)35-19-23-37(24-20-35)39-27-29-43-41-15-7-9-17-45(41)49(47(43)31-39)46-18-10-8-16-42(46)44-30-28-40(32-48(44)49)38-25-21-36(22-26-38)34-13-5-2-6-14-34/h1-32H. The van der Waals surface area contributed by atoms with Crippen molar-refractivity contribution in [3.8, 4) is 66.8 Å². The zero-order chi connectivity index (χ0) is 32.4. The molecule has 0 heterocycles. The van der Waals surface area contributed by atoms with Crippen LogP contribution in [-0.2, 0) is 5.41 Å². The predicted molar refractivity (Wildman–Crippen MR) is 204 cm³/mol. The van der Waals surface area contributed by atoms with Gasteiger partial charge in [0.05, 0.1) is 5.41 Å². The minimum atomic E-state index is -0.405. The summed E-state index contributed by atoms with van der Waals surface area (Å²) in [5.41, 5.74) is 20.2. The Morgan fingerprint density at radius 3 is 0.898 bits per heavy atom. The molecule has 0 bridgehead atoms. The summed E-state index contributed by atoms with van der Waals surface area (Å²) in [6.07, 6.45) is 0. The van der Waals surface area contributed by atoms with Crippen LogP contribution in [0.3, 0.4) is 0 Å². The monoisotopic (exact) mass is 620 g/mol. The predicted octanol–water partition coefficient (Wildman–Crippen LogP) is 12.7. The van der Waals surface area contributed by atoms with Gasteiger partial charge in [0.1, 0.15) is 0 Å². The number of rotatable bonds is 4. The van der Waals surface area contributed by atoms with Gasteiger partial charge >= 0.3 is 0 Å². The zero-order valence-corrected chi connectivity index (χ0v) is 27.0. The Morgan fingerprint density at radius 1 is 0.204 bits per heavy atom. The highest BCUT2D eigenvalue weighted by atomic mass is 14.5. The molecular formula is C49H32. The van der Waals surface area contributed by atoms with E-state index in [1.54, 1.807) is 0 Å². The van der Waals surface area contributed by atoms with Crippen LogP contribution in [0.5, 0.6) is 0 Å². The Bertz CT molecular complexity index is 2320. The smallest absolute Gasteiger partial charge is 0.0622 e. The Balaban J connectivity index is 1.16. The topological polar surface area (TPSA) is 0 Å². The lowest BCUT2D eigenvalue weighted by Crippen LogP contribution is -2.26. The molecule has 8 aromatic carbocycles. The Kier molecular flexibility index (Phi) is 6.19. The largest absolute Gasteiger partial charge is 0.0725 e. The van der Waals surface area contributed by atoms with Crippen molar-refractivity contribution in [2.24, 2.45) is 0 Å². The fourth-order valence-corrected chi connectivity index (χ4v) is 8.47. The van der Waals surface area contributed by atoms with E-state index in [1.165, 1.54) is 89.0 Å². The molecule has 8 aromatic rings. The maximum absolute atomic E-state index is 2.47. The van der Waals surface area contributed by atoms with E-state index in [-0.39, 0.29) is 0 Å². The second-order valence-electron chi connectivity index (χ2n) is 13.2. The summed E-state index contributed by atoms with van der Waals surface area (Å²) >= 11 is 0. The molecule has 2 aliphatic carbocycles. The molecular weight excluding hydrogens is 589 g/mol. The van der Waals surface area contributed by atoms with E-state index >= 15 is 0 Å². The van der Waals surface area contributed by atoms with Crippen LogP contribution in [0.15, 0.2) is 194 Å². The summed E-state index contributed by atoms with van der Waals surface area (Å²) in [6, 6.07) is 71.7. The zero-order valence-electron chi connectivity index (χ0n) is 27.0. The lowest BCUT2D eigenvalue weighted by Gasteiger charge is -2.31. The first kappa shape index (κ1) is 27.8. The number of hydrogen-bond acceptors (Lipinski definition) is 0. The van der Waals surface area contributed by atoms with Crippen LogP contribution >= 0.6 is 0 Å². The van der Waals surface area contributed by atoms with E-state index < -0.39 is 5.41 Å². The van der Waals surface area contributed by atoms with Gasteiger partial charge in [0.15, 0.2) is 0 Å². The van der Waals surface area contributed by atoms with Gasteiger partial charge in [-0.2, -0.15) is 0 Å². The molecule has 0 nitrogen and oxygen atoms in total. The average molecular weight is 621 g/mol. The Morgan fingerprint density at radius 2 is 0.490 bits per heavy atom. The molecule has 0 radical (unpaired) electrons. The molecule has 10 rings (SSSR count). The molecule has 1 spiro atoms. The van der Waals surface area contributed by atoms with E-state index in [2.05, 4.69) is 194 Å². The quantitative estimate of drug-likeness (QED) is 0.184. The normalized spacial score (nSPS) is 13.1. The SMILES string of the molecule is c1ccc(-c2ccc(-c3ccc4c(c3)C3(c5ccccc5-4)c4ccccc4-c4ccc(-c5ccc(-c6ccccc6)cc5)cc43)cc2)cc1. The van der Waals surface area contributed by atoms with Crippen LogP contribution in [0.4, 0.5) is 0 Å². The summed E-state index contributed by atoms with van der Waals surface area (Å²) in [5, 5.41) is 0. The van der Waals surface area contributed by atoms with Gasteiger partial charge < -0.3 is 0 Å². The van der Waals surface area contributed by atoms with Crippen molar-refractivity contribution in [2.45, 2.75) is 5.41 Å². The highest BCUT2D eigenvalue weighted by Crippen LogP contribution is 2.63. The van der Waals surface area contributed by atoms with Crippen molar-refractivity contribution < 1.29 is 0 Å². The second kappa shape index (κ2) is 10.9. The third-order valence-electron chi connectivity index (χ3n) is 10.7. The van der Waals surface area contributed by atoms with E-state index in [0.717, 1.165) is 0 Å². The third-order valence-corrected chi connectivity index (χ3v) is 10.7. The third kappa shape index (κ3) is 4.17. The molecule has 0 aliphatic heterocycles. The van der Waals surface area contributed by atoms with Gasteiger partial charge in [-0.25, -0.2) is 0 Å². The molecule has 0 saturated heterocycles. The maximum atomic E-state index is 2.47. The van der Waals surface area contributed by atoms with Crippen LogP contribution in [-0.4, -0.2) is 0 Å². The van der Waals surface area contributed by atoms with Crippen molar-refractivity contribution in [3.05, 3.63) is 216 Å². The van der Waals surface area contributed by atoms with Crippen LogP contribution in [0.1, 0.15) is 22.3 Å². The minimum absolute atomic E-state index is 0.405. The van der Waals surface area contributed by atoms with E-state index in [1.807, 2.05) is 0 Å². The summed E-state index contributed by atoms with van der Waals surface area (Å²) in [4.78, 5) is 0. The first-order valence-corrected chi connectivity index (χ1v) is 17.1. The number of fused-ring (bicyclic) bond motifs is 10. The molecule has 0 unspecified atom stereocenters. The molecule has 0 amide bonds. The van der Waals surface area contributed by atoms with Gasteiger partial charge in [0.2, 0.25) is 0 Å². The van der Waals surface area contributed by atoms with Gasteiger partial charge in [-0.05, 0) is 101 Å². The van der Waals surface area contributed by atoms with E-state index in [9.17, 15) is 0 Å². The average Bonchev–Trinajstić information content (AvgIpc) is 3.65. The first-order valence-electron chi connectivity index (χ1n) is 17.1. The van der Waals surface area contributed by atoms with Crippen LogP contribution in [0, 0.1) is 0 Å². The highest BCUT2D eigenvalue weighted by molar-refractivity contribution is 5.97. The Hall–Kier alpha value is -6.24. The van der Waals surface area contributed by atoms with E-state index in [0.29, 0.717) is 0 Å². The molecule has 2 aliphatic rings. The molecule has 0 atom stereocenters. The maximum Gasteiger partial charge on any atom is 0.0725 e.